The summed E-state index contributed by atoms with van der Waals surface area (Å²) < 4.78 is 24.3. The molecule has 1 aromatic heterocycles. The third-order valence-electron chi connectivity index (χ3n) is 2.74. The zero-order valence-corrected chi connectivity index (χ0v) is 14.7. The van der Waals surface area contributed by atoms with Gasteiger partial charge >= 0.3 is 0 Å². The first kappa shape index (κ1) is 18.1. The lowest BCUT2D eigenvalue weighted by Crippen LogP contribution is -2.44. The smallest absolute Gasteiger partial charge is 0.237 e. The van der Waals surface area contributed by atoms with Crippen LogP contribution >= 0.6 is 11.3 Å². The largest absolute Gasteiger partial charge is 0.354 e. The van der Waals surface area contributed by atoms with Crippen LogP contribution in [0.1, 0.15) is 38.4 Å². The number of thiazole rings is 1. The Morgan fingerprint density at radius 3 is 2.52 bits per heavy atom. The molecule has 0 aliphatic carbocycles. The molecule has 1 rings (SSSR count). The summed E-state index contributed by atoms with van der Waals surface area (Å²) in [6.07, 6.45) is 1.67. The first-order valence-corrected chi connectivity index (χ1v) is 9.46. The Balaban J connectivity index is 2.43. The summed E-state index contributed by atoms with van der Waals surface area (Å²) in [5, 5.41) is 5.70. The van der Waals surface area contributed by atoms with Gasteiger partial charge in [-0.1, -0.05) is 20.8 Å². The number of amides is 1. The summed E-state index contributed by atoms with van der Waals surface area (Å²) in [5.41, 5.74) is 1.06. The fraction of sp³-hybridized carbons (Fsp3) is 0.692. The maximum atomic E-state index is 11.7. The van der Waals surface area contributed by atoms with Crippen LogP contribution in [-0.2, 0) is 26.7 Å². The molecule has 0 saturated carbocycles. The normalized spacial score (nSPS) is 14.0. The van der Waals surface area contributed by atoms with Gasteiger partial charge in [0.1, 0.15) is 0 Å². The van der Waals surface area contributed by atoms with Gasteiger partial charge in [0.25, 0.3) is 0 Å². The first-order valence-electron chi connectivity index (χ1n) is 6.69. The molecular weight excluding hydrogens is 310 g/mol. The van der Waals surface area contributed by atoms with E-state index < -0.39 is 16.1 Å². The lowest BCUT2D eigenvalue weighted by atomic mass is 9.93. The van der Waals surface area contributed by atoms with Gasteiger partial charge in [0.05, 0.1) is 23.0 Å². The Hall–Kier alpha value is -0.990. The molecule has 8 heteroatoms. The summed E-state index contributed by atoms with van der Waals surface area (Å²) in [5.74, 6) is -0.340. The van der Waals surface area contributed by atoms with Crippen molar-refractivity contribution in [3.05, 3.63) is 16.1 Å². The van der Waals surface area contributed by atoms with Gasteiger partial charge in [-0.15, -0.1) is 11.3 Å². The average Bonchev–Trinajstić information content (AvgIpc) is 2.74. The molecule has 0 bridgehead atoms. The predicted molar refractivity (Wildman–Crippen MR) is 85.0 cm³/mol. The standard InChI is InChI=1S/C13H23N3O3S2/c1-9(16-21(5,18)19)12(17)14-7-6-11-15-10(8-20-11)13(2,3)4/h8-9,16H,6-7H2,1-5H3,(H,14,17)/t9-/m0/s1. The van der Waals surface area contributed by atoms with Crippen molar-refractivity contribution in [2.75, 3.05) is 12.8 Å². The van der Waals surface area contributed by atoms with Crippen LogP contribution in [0.3, 0.4) is 0 Å². The van der Waals surface area contributed by atoms with E-state index in [0.29, 0.717) is 13.0 Å². The molecule has 0 aliphatic heterocycles. The van der Waals surface area contributed by atoms with Crippen LogP contribution in [0, 0.1) is 0 Å². The minimum absolute atomic E-state index is 0.0198. The Morgan fingerprint density at radius 2 is 2.05 bits per heavy atom. The molecule has 6 nitrogen and oxygen atoms in total. The summed E-state index contributed by atoms with van der Waals surface area (Å²) >= 11 is 1.57. The molecular formula is C13H23N3O3S2. The molecule has 2 N–H and O–H groups in total. The Kier molecular flexibility index (Phi) is 5.89. The van der Waals surface area contributed by atoms with Crippen molar-refractivity contribution in [3.63, 3.8) is 0 Å². The maximum Gasteiger partial charge on any atom is 0.237 e. The SMILES string of the molecule is C[C@H](NS(C)(=O)=O)C(=O)NCCc1nc(C(C)(C)C)cs1. The van der Waals surface area contributed by atoms with Crippen LogP contribution in [0.5, 0.6) is 0 Å². The molecule has 1 heterocycles. The van der Waals surface area contributed by atoms with E-state index in [-0.39, 0.29) is 11.3 Å². The lowest BCUT2D eigenvalue weighted by molar-refractivity contribution is -0.122. The van der Waals surface area contributed by atoms with Crippen LogP contribution in [-0.4, -0.2) is 38.2 Å². The third-order valence-corrected chi connectivity index (χ3v) is 4.43. The van der Waals surface area contributed by atoms with E-state index in [0.717, 1.165) is 17.0 Å². The molecule has 0 fully saturated rings. The molecule has 0 aliphatic rings. The molecule has 120 valence electrons. The van der Waals surface area contributed by atoms with Crippen molar-refractivity contribution in [2.45, 2.75) is 45.6 Å². The van der Waals surface area contributed by atoms with E-state index in [1.807, 2.05) is 5.38 Å². The Morgan fingerprint density at radius 1 is 1.43 bits per heavy atom. The quantitative estimate of drug-likeness (QED) is 0.814. The molecule has 21 heavy (non-hydrogen) atoms. The van der Waals surface area contributed by atoms with Gasteiger partial charge in [0.2, 0.25) is 15.9 Å². The number of sulfonamides is 1. The summed E-state index contributed by atoms with van der Waals surface area (Å²) in [7, 11) is -3.38. The number of nitrogens with one attached hydrogen (secondary N) is 2. The topological polar surface area (TPSA) is 88.2 Å². The summed E-state index contributed by atoms with van der Waals surface area (Å²) in [4.78, 5) is 16.3. The van der Waals surface area contributed by atoms with Gasteiger partial charge in [-0.3, -0.25) is 4.79 Å². The van der Waals surface area contributed by atoms with E-state index in [1.165, 1.54) is 6.92 Å². The number of nitrogens with zero attached hydrogens (tertiary/aromatic N) is 1. The molecule has 0 unspecified atom stereocenters. The van der Waals surface area contributed by atoms with Gasteiger partial charge < -0.3 is 5.32 Å². The second-order valence-electron chi connectivity index (χ2n) is 6.03. The van der Waals surface area contributed by atoms with E-state index in [9.17, 15) is 13.2 Å². The zero-order valence-electron chi connectivity index (χ0n) is 13.1. The zero-order chi connectivity index (χ0) is 16.3. The molecule has 1 amide bonds. The van der Waals surface area contributed by atoms with Gasteiger partial charge in [-0.05, 0) is 6.92 Å². The second kappa shape index (κ2) is 6.85. The highest BCUT2D eigenvalue weighted by atomic mass is 32.2. The number of rotatable bonds is 6. The van der Waals surface area contributed by atoms with Crippen LogP contribution in [0.4, 0.5) is 0 Å². The number of hydrogen-bond acceptors (Lipinski definition) is 5. The van der Waals surface area contributed by atoms with Crippen molar-refractivity contribution in [1.29, 1.82) is 0 Å². The highest BCUT2D eigenvalue weighted by Crippen LogP contribution is 2.23. The van der Waals surface area contributed by atoms with Crippen LogP contribution < -0.4 is 10.0 Å². The monoisotopic (exact) mass is 333 g/mol. The predicted octanol–water partition coefficient (Wildman–Crippen LogP) is 1.04. The van der Waals surface area contributed by atoms with Crippen molar-refractivity contribution in [3.8, 4) is 0 Å². The Bertz CT molecular complexity index is 588. The molecule has 1 aromatic rings. The van der Waals surface area contributed by atoms with E-state index in [2.05, 4.69) is 35.8 Å². The highest BCUT2D eigenvalue weighted by Gasteiger charge is 2.18. The van der Waals surface area contributed by atoms with Crippen LogP contribution in [0.15, 0.2) is 5.38 Å². The van der Waals surface area contributed by atoms with Crippen molar-refractivity contribution < 1.29 is 13.2 Å². The van der Waals surface area contributed by atoms with Crippen LogP contribution in [0.25, 0.3) is 0 Å². The van der Waals surface area contributed by atoms with Crippen molar-refractivity contribution >= 4 is 27.3 Å². The number of hydrogen-bond donors (Lipinski definition) is 2. The third kappa shape index (κ3) is 6.54. The van der Waals surface area contributed by atoms with E-state index in [1.54, 1.807) is 11.3 Å². The summed E-state index contributed by atoms with van der Waals surface area (Å²) in [6.45, 7) is 8.26. The first-order chi connectivity index (χ1) is 9.49. The molecule has 0 aromatic carbocycles. The fourth-order valence-electron chi connectivity index (χ4n) is 1.59. The molecule has 0 spiro atoms. The molecule has 0 radical (unpaired) electrons. The lowest BCUT2D eigenvalue weighted by Gasteiger charge is -2.14. The fourth-order valence-corrected chi connectivity index (χ4v) is 3.36. The maximum absolute atomic E-state index is 11.7. The highest BCUT2D eigenvalue weighted by molar-refractivity contribution is 7.88. The Labute approximate surface area is 130 Å². The number of carbonyl (C=O) groups excluding carboxylic acids is 1. The minimum atomic E-state index is -3.38. The van der Waals surface area contributed by atoms with Crippen molar-refractivity contribution in [2.24, 2.45) is 0 Å². The number of aromatic nitrogens is 1. The van der Waals surface area contributed by atoms with Gasteiger partial charge in [0.15, 0.2) is 0 Å². The van der Waals surface area contributed by atoms with Crippen LogP contribution in [0.2, 0.25) is 0 Å². The second-order valence-corrected chi connectivity index (χ2v) is 8.75. The van der Waals surface area contributed by atoms with Gasteiger partial charge in [-0.2, -0.15) is 0 Å². The number of carbonyl (C=O) groups is 1. The summed E-state index contributed by atoms with van der Waals surface area (Å²) in [6, 6.07) is -0.776. The minimum Gasteiger partial charge on any atom is -0.354 e. The van der Waals surface area contributed by atoms with Gasteiger partial charge in [-0.25, -0.2) is 18.1 Å². The molecule has 1 atom stereocenters. The molecule has 0 saturated heterocycles. The van der Waals surface area contributed by atoms with E-state index in [4.69, 9.17) is 0 Å². The van der Waals surface area contributed by atoms with Crippen molar-refractivity contribution in [1.82, 2.24) is 15.0 Å². The average molecular weight is 333 g/mol. The van der Waals surface area contributed by atoms with Gasteiger partial charge in [0, 0.05) is 23.8 Å². The van der Waals surface area contributed by atoms with E-state index >= 15 is 0 Å².